The summed E-state index contributed by atoms with van der Waals surface area (Å²) in [6.07, 6.45) is 6.28. The number of fused-ring (bicyclic) bond motifs is 5. The quantitative estimate of drug-likeness (QED) is 0.0719. The van der Waals surface area contributed by atoms with E-state index < -0.39 is 88.1 Å². The van der Waals surface area contributed by atoms with Gasteiger partial charge in [-0.3, -0.25) is 24.1 Å². The Labute approximate surface area is 393 Å². The molecule has 5 N–H and O–H groups in total. The van der Waals surface area contributed by atoms with E-state index in [0.29, 0.717) is 18.8 Å². The highest BCUT2D eigenvalue weighted by Crippen LogP contribution is 2.42. The van der Waals surface area contributed by atoms with Crippen LogP contribution in [0.4, 0.5) is 11.4 Å². The number of methoxy groups -OCH3 is 1. The molecular formula is C51H62N4O13. The second-order valence-corrected chi connectivity index (χ2v) is 18.4. The molecule has 3 aromatic carbocycles. The largest absolute Gasteiger partial charge is 0.507 e. The van der Waals surface area contributed by atoms with Gasteiger partial charge in [0.25, 0.3) is 5.91 Å². The predicted molar refractivity (Wildman–Crippen MR) is 258 cm³/mol. The highest BCUT2D eigenvalue weighted by molar-refractivity contribution is 6.16. The molecule has 4 heterocycles. The van der Waals surface area contributed by atoms with Crippen molar-refractivity contribution in [2.45, 2.75) is 92.0 Å². The molecule has 1 amide bonds. The number of benzene rings is 3. The van der Waals surface area contributed by atoms with Crippen molar-refractivity contribution < 1.29 is 53.4 Å². The molecule has 5 bridgehead atoms. The van der Waals surface area contributed by atoms with E-state index in [1.54, 1.807) is 45.9 Å². The number of aromatic hydroxyl groups is 1. The number of aromatic nitrogens is 1. The molecule has 0 spiro atoms. The Morgan fingerprint density at radius 1 is 0.985 bits per heavy atom. The van der Waals surface area contributed by atoms with Crippen LogP contribution in [0.2, 0.25) is 0 Å². The number of aliphatic hydroxyl groups is 3. The van der Waals surface area contributed by atoms with Crippen LogP contribution in [0.25, 0.3) is 38.7 Å². The predicted octanol–water partition coefficient (Wildman–Crippen LogP) is 5.26. The number of carbonyl (C=O) groups excluding carboxylic acids is 2. The molecule has 0 saturated carbocycles. The van der Waals surface area contributed by atoms with Gasteiger partial charge in [-0.15, -0.1) is 6.58 Å². The SMILES string of the molecule is C=CCCN1CCN(c2cc(=O)c3nc4c(oc3c2)c2c(=O)c3c(O)c(C)c5c(c34)=C(O)[C@@](C)(O/C=C/[C@H](OC)[C@@H](C)[C@@H](OC(C)=O)[C@H](C)[C@H](O)[C@H](C)[C@@H](O)[C@@H](C)/C=C/C=C(/C)C(=O)N2)O5)CC1. The number of phenols is 1. The lowest BCUT2D eigenvalue weighted by atomic mass is 9.78. The Kier molecular flexibility index (Phi) is 14.4. The number of ether oxygens (including phenoxy) is 4. The second kappa shape index (κ2) is 19.8. The maximum atomic E-state index is 14.9. The van der Waals surface area contributed by atoms with Gasteiger partial charge >= 0.3 is 11.8 Å². The zero-order valence-corrected chi connectivity index (χ0v) is 40.0. The minimum absolute atomic E-state index is 0.0292. The molecule has 3 aliphatic heterocycles. The summed E-state index contributed by atoms with van der Waals surface area (Å²) in [5.74, 6) is -6.96. The molecule has 1 saturated heterocycles. The van der Waals surface area contributed by atoms with Crippen molar-refractivity contribution in [3.8, 4) is 11.5 Å². The molecule has 0 unspecified atom stereocenters. The first-order chi connectivity index (χ1) is 32.2. The number of carbonyl (C=O) groups is 2. The number of anilines is 2. The lowest BCUT2D eigenvalue weighted by Crippen LogP contribution is -2.46. The number of hydrogen-bond acceptors (Lipinski definition) is 16. The highest BCUT2D eigenvalue weighted by Gasteiger charge is 2.44. The van der Waals surface area contributed by atoms with Crippen LogP contribution in [-0.2, 0) is 23.8 Å². The van der Waals surface area contributed by atoms with Crippen molar-refractivity contribution in [2.75, 3.05) is 50.1 Å². The number of esters is 1. The third-order valence-electron chi connectivity index (χ3n) is 13.8. The summed E-state index contributed by atoms with van der Waals surface area (Å²) in [5, 5.41) is 49.3. The van der Waals surface area contributed by atoms with Gasteiger partial charge in [-0.05, 0) is 26.3 Å². The van der Waals surface area contributed by atoms with Gasteiger partial charge in [0.15, 0.2) is 22.4 Å². The van der Waals surface area contributed by atoms with E-state index in [9.17, 15) is 39.6 Å². The number of piperazine rings is 1. The van der Waals surface area contributed by atoms with Crippen LogP contribution in [0.15, 0.2) is 74.9 Å². The normalized spacial score (nSPS) is 29.3. The minimum Gasteiger partial charge on any atom is -0.507 e. The Morgan fingerprint density at radius 2 is 1.69 bits per heavy atom. The fraction of sp³-hybridized carbons (Fsp3) is 0.471. The van der Waals surface area contributed by atoms with Crippen LogP contribution in [0, 0.1) is 30.6 Å². The zero-order chi connectivity index (χ0) is 49.5. The molecule has 9 atom stereocenters. The summed E-state index contributed by atoms with van der Waals surface area (Å²) >= 11 is 0. The van der Waals surface area contributed by atoms with Crippen molar-refractivity contribution in [1.82, 2.24) is 9.88 Å². The highest BCUT2D eigenvalue weighted by atomic mass is 16.7. The van der Waals surface area contributed by atoms with Crippen LogP contribution < -0.4 is 31.0 Å². The summed E-state index contributed by atoms with van der Waals surface area (Å²) in [6, 6.07) is 3.13. The van der Waals surface area contributed by atoms with Gasteiger partial charge in [0.2, 0.25) is 10.9 Å². The van der Waals surface area contributed by atoms with Crippen molar-refractivity contribution >= 4 is 62.0 Å². The lowest BCUT2D eigenvalue weighted by Gasteiger charge is -2.38. The average Bonchev–Trinajstić information content (AvgIpc) is 3.58. The molecule has 3 aliphatic rings. The lowest BCUT2D eigenvalue weighted by molar-refractivity contribution is -0.160. The molecule has 0 aliphatic carbocycles. The van der Waals surface area contributed by atoms with E-state index in [4.69, 9.17) is 28.3 Å². The molecule has 4 aromatic rings. The molecular weight excluding hydrogens is 877 g/mol. The summed E-state index contributed by atoms with van der Waals surface area (Å²) in [6.45, 7) is 20.1. The van der Waals surface area contributed by atoms with E-state index in [0.717, 1.165) is 26.1 Å². The molecule has 17 heteroatoms. The van der Waals surface area contributed by atoms with Crippen LogP contribution in [-0.4, -0.2) is 112 Å². The number of rotatable bonds is 6. The van der Waals surface area contributed by atoms with Crippen molar-refractivity contribution in [1.29, 1.82) is 0 Å². The number of nitrogens with one attached hydrogen (secondary N) is 1. The molecule has 17 nitrogen and oxygen atoms in total. The first-order valence-electron chi connectivity index (χ1n) is 22.9. The Morgan fingerprint density at radius 3 is 2.35 bits per heavy atom. The van der Waals surface area contributed by atoms with Crippen LogP contribution in [0.1, 0.15) is 60.5 Å². The Balaban J connectivity index is 1.45. The monoisotopic (exact) mass is 938 g/mol. The summed E-state index contributed by atoms with van der Waals surface area (Å²) in [7, 11) is 1.44. The summed E-state index contributed by atoms with van der Waals surface area (Å²) in [5.41, 5.74) is -1.42. The number of hydrogen-bond donors (Lipinski definition) is 5. The van der Waals surface area contributed by atoms with Gasteiger partial charge in [0.1, 0.15) is 28.8 Å². The zero-order valence-electron chi connectivity index (χ0n) is 40.0. The Bertz CT molecular complexity index is 2920. The van der Waals surface area contributed by atoms with E-state index in [-0.39, 0.29) is 60.8 Å². The second-order valence-electron chi connectivity index (χ2n) is 18.4. The topological polar surface area (TPSA) is 231 Å². The van der Waals surface area contributed by atoms with Crippen LogP contribution >= 0.6 is 0 Å². The van der Waals surface area contributed by atoms with Gasteiger partial charge in [-0.25, -0.2) is 4.98 Å². The smallest absolute Gasteiger partial charge is 0.307 e. The van der Waals surface area contributed by atoms with Crippen molar-refractivity contribution in [3.63, 3.8) is 0 Å². The number of aliphatic hydroxyl groups excluding tert-OH is 3. The molecule has 1 fully saturated rings. The van der Waals surface area contributed by atoms with E-state index in [1.807, 2.05) is 6.08 Å². The third kappa shape index (κ3) is 9.19. The summed E-state index contributed by atoms with van der Waals surface area (Å²) < 4.78 is 30.5. The average molecular weight is 939 g/mol. The maximum absolute atomic E-state index is 14.9. The molecule has 7 rings (SSSR count). The van der Waals surface area contributed by atoms with Crippen molar-refractivity contribution in [3.05, 3.63) is 92.2 Å². The van der Waals surface area contributed by atoms with E-state index in [1.165, 1.54) is 59.3 Å². The van der Waals surface area contributed by atoms with Crippen LogP contribution in [0.3, 0.4) is 0 Å². The Hall–Kier alpha value is -6.27. The van der Waals surface area contributed by atoms with Crippen LogP contribution in [0.5, 0.6) is 11.5 Å². The van der Waals surface area contributed by atoms with Gasteiger partial charge in [-0.1, -0.05) is 52.0 Å². The van der Waals surface area contributed by atoms with Gasteiger partial charge in [0, 0.05) is 112 Å². The first kappa shape index (κ1) is 49.6. The summed E-state index contributed by atoms with van der Waals surface area (Å²) in [4.78, 5) is 64.6. The first-order valence-corrected chi connectivity index (χ1v) is 22.9. The van der Waals surface area contributed by atoms with Gasteiger partial charge in [-0.2, -0.15) is 0 Å². The number of allylic oxidation sites excluding steroid dienone is 2. The standard InChI is InChI=1S/C51H62N4O13/c1-11-12-17-54-18-20-55(21-19-54)32-23-33(57)39-35(24-32)67-48-40(52-39)36-37-44(60)30(7)47-38(36)49(62)51(9,68-47)65-22-16-34(64-10)27(4)46(66-31(8)56)29(6)43(59)28(5)42(58)25(2)14-13-15-26(3)50(63)53-41(48)45(37)61/h11,13-16,22-25,27-29,34,42-43,46,58-60,62H,1,12,17-21H2,2-10H3,(H,53,63)/b14-13+,22-16+,26-15-/t25-,27+,28+,29+,34-,42-,43+,46+,51-/m0/s1. The van der Waals surface area contributed by atoms with Crippen molar-refractivity contribution in [2.24, 2.45) is 23.7 Å². The molecule has 0 radical (unpaired) electrons. The fourth-order valence-electron chi connectivity index (χ4n) is 9.56. The number of phenolic OH excluding ortho intramolecular Hbond substituents is 1. The molecule has 68 heavy (non-hydrogen) atoms. The molecule has 1 aromatic heterocycles. The third-order valence-corrected chi connectivity index (χ3v) is 13.8. The number of nitrogens with zero attached hydrogens (tertiary/aromatic N) is 3. The van der Waals surface area contributed by atoms with E-state index >= 15 is 0 Å². The maximum Gasteiger partial charge on any atom is 0.307 e. The molecule has 364 valence electrons. The van der Waals surface area contributed by atoms with Gasteiger partial charge in [0.05, 0.1) is 35.2 Å². The van der Waals surface area contributed by atoms with Gasteiger partial charge < -0.3 is 54.0 Å². The fourth-order valence-corrected chi connectivity index (χ4v) is 9.56. The minimum atomic E-state index is -1.99. The van der Waals surface area contributed by atoms with E-state index in [2.05, 4.69) is 21.7 Å². The number of amides is 1.